The molecule has 1 aliphatic rings. The molecule has 0 saturated carbocycles. The van der Waals surface area contributed by atoms with Crippen LogP contribution in [-0.2, 0) is 17.8 Å². The molecule has 0 bridgehead atoms. The Bertz CT molecular complexity index is 1390. The Morgan fingerprint density at radius 2 is 1.74 bits per heavy atom. The van der Waals surface area contributed by atoms with Crippen LogP contribution in [0.2, 0.25) is 0 Å². The molecule has 35 heavy (non-hydrogen) atoms. The maximum Gasteiger partial charge on any atom is 0.273 e. The second kappa shape index (κ2) is 9.69. The van der Waals surface area contributed by atoms with E-state index in [0.29, 0.717) is 42.9 Å². The number of piperazine rings is 1. The minimum atomic E-state index is -0.162. The third-order valence-electron chi connectivity index (χ3n) is 6.50. The van der Waals surface area contributed by atoms with Crippen molar-refractivity contribution in [2.45, 2.75) is 33.2 Å². The van der Waals surface area contributed by atoms with Crippen LogP contribution in [0.5, 0.6) is 0 Å². The molecular weight excluding hydrogens is 442 g/mol. The van der Waals surface area contributed by atoms with Crippen LogP contribution in [-0.4, -0.2) is 61.3 Å². The molecule has 1 amide bonds. The number of fused-ring (bicyclic) bond motifs is 1. The predicted octanol–water partition coefficient (Wildman–Crippen LogP) is 2.59. The number of hydrogen-bond acceptors (Lipinski definition) is 6. The molecule has 1 saturated heterocycles. The summed E-state index contributed by atoms with van der Waals surface area (Å²) in [6.07, 6.45) is 2.35. The largest absolute Gasteiger partial charge is 0.353 e. The summed E-state index contributed by atoms with van der Waals surface area (Å²) in [7, 11) is 0. The van der Waals surface area contributed by atoms with Gasteiger partial charge in [-0.2, -0.15) is 5.10 Å². The summed E-state index contributed by atoms with van der Waals surface area (Å²) in [4.78, 5) is 39.4. The number of carbonyl (C=O) groups is 1. The Balaban J connectivity index is 1.33. The summed E-state index contributed by atoms with van der Waals surface area (Å²) in [6.45, 7) is 7.10. The lowest BCUT2D eigenvalue weighted by Crippen LogP contribution is -2.49. The molecular formula is C26H29N7O2. The first kappa shape index (κ1) is 22.8. The Labute approximate surface area is 203 Å². The van der Waals surface area contributed by atoms with Crippen LogP contribution in [0, 0.1) is 6.92 Å². The molecule has 9 heteroatoms. The Morgan fingerprint density at radius 3 is 2.43 bits per heavy atom. The van der Waals surface area contributed by atoms with Gasteiger partial charge in [0.15, 0.2) is 5.65 Å². The molecule has 0 atom stereocenters. The first-order valence-electron chi connectivity index (χ1n) is 12.0. The van der Waals surface area contributed by atoms with Crippen LogP contribution in [0.3, 0.4) is 0 Å². The van der Waals surface area contributed by atoms with E-state index in [0.717, 1.165) is 30.3 Å². The fourth-order valence-electron chi connectivity index (χ4n) is 4.63. The highest BCUT2D eigenvalue weighted by molar-refractivity contribution is 5.78. The van der Waals surface area contributed by atoms with Gasteiger partial charge in [-0.05, 0) is 38.1 Å². The van der Waals surface area contributed by atoms with Gasteiger partial charge in [-0.15, -0.1) is 0 Å². The summed E-state index contributed by atoms with van der Waals surface area (Å²) in [6, 6.07) is 15.6. The van der Waals surface area contributed by atoms with Gasteiger partial charge >= 0.3 is 0 Å². The van der Waals surface area contributed by atoms with E-state index in [1.165, 1.54) is 0 Å². The van der Waals surface area contributed by atoms with Gasteiger partial charge in [0.05, 0.1) is 11.4 Å². The third-order valence-corrected chi connectivity index (χ3v) is 6.50. The van der Waals surface area contributed by atoms with Crippen molar-refractivity contribution in [1.29, 1.82) is 0 Å². The van der Waals surface area contributed by atoms with Crippen LogP contribution in [0.25, 0.3) is 16.9 Å². The maximum atomic E-state index is 13.3. The number of pyridine rings is 1. The molecule has 4 aromatic rings. The first-order valence-corrected chi connectivity index (χ1v) is 12.0. The van der Waals surface area contributed by atoms with Crippen molar-refractivity contribution in [2.24, 2.45) is 0 Å². The number of aromatic nitrogens is 5. The molecule has 0 radical (unpaired) electrons. The summed E-state index contributed by atoms with van der Waals surface area (Å²) in [5.74, 6) is 0.982. The SMILES string of the molecule is CCn1c(=O)c(CCC(=O)N2CCN(c3ccccn3)CC2)nc2c(C)nn(-c3ccccc3)c21. The van der Waals surface area contributed by atoms with Gasteiger partial charge in [-0.3, -0.25) is 14.2 Å². The summed E-state index contributed by atoms with van der Waals surface area (Å²) in [5, 5.41) is 4.66. The van der Waals surface area contributed by atoms with E-state index in [-0.39, 0.29) is 17.9 Å². The van der Waals surface area contributed by atoms with Crippen molar-refractivity contribution in [3.05, 3.63) is 76.5 Å². The standard InChI is InChI=1S/C26H29N7O2/c1-3-32-25-24(19(2)29-33(25)20-9-5-4-6-10-20)28-21(26(32)35)12-13-23(34)31-17-15-30(16-18-31)22-11-7-8-14-27-22/h4-11,14H,3,12-13,15-18H2,1-2H3. The van der Waals surface area contributed by atoms with Crippen LogP contribution < -0.4 is 10.5 Å². The van der Waals surface area contributed by atoms with Gasteiger partial charge in [0.2, 0.25) is 5.91 Å². The highest BCUT2D eigenvalue weighted by Crippen LogP contribution is 2.20. The number of hydrogen-bond donors (Lipinski definition) is 0. The van der Waals surface area contributed by atoms with Gasteiger partial charge < -0.3 is 9.80 Å². The molecule has 1 aliphatic heterocycles. The number of nitrogens with zero attached hydrogens (tertiary/aromatic N) is 7. The van der Waals surface area contributed by atoms with Gasteiger partial charge in [0, 0.05) is 51.8 Å². The van der Waals surface area contributed by atoms with E-state index >= 15 is 0 Å². The smallest absolute Gasteiger partial charge is 0.273 e. The molecule has 0 unspecified atom stereocenters. The Kier molecular flexibility index (Phi) is 6.31. The minimum Gasteiger partial charge on any atom is -0.353 e. The maximum absolute atomic E-state index is 13.3. The van der Waals surface area contributed by atoms with Crippen LogP contribution >= 0.6 is 0 Å². The monoisotopic (exact) mass is 471 g/mol. The zero-order valence-corrected chi connectivity index (χ0v) is 20.1. The summed E-state index contributed by atoms with van der Waals surface area (Å²) < 4.78 is 3.49. The average molecular weight is 472 g/mol. The van der Waals surface area contributed by atoms with E-state index < -0.39 is 0 Å². The van der Waals surface area contributed by atoms with Gasteiger partial charge in [-0.25, -0.2) is 14.6 Å². The predicted molar refractivity (Wildman–Crippen MR) is 135 cm³/mol. The lowest BCUT2D eigenvalue weighted by atomic mass is 10.2. The number of benzene rings is 1. The molecule has 5 rings (SSSR count). The van der Waals surface area contributed by atoms with Crippen molar-refractivity contribution in [1.82, 2.24) is 29.2 Å². The van der Waals surface area contributed by atoms with Crippen LogP contribution in [0.4, 0.5) is 5.82 Å². The lowest BCUT2D eigenvalue weighted by molar-refractivity contribution is -0.131. The van der Waals surface area contributed by atoms with E-state index in [4.69, 9.17) is 4.98 Å². The number of carbonyl (C=O) groups excluding carboxylic acids is 1. The van der Waals surface area contributed by atoms with E-state index in [9.17, 15) is 9.59 Å². The molecule has 0 spiro atoms. The zero-order chi connectivity index (χ0) is 24.4. The van der Waals surface area contributed by atoms with Crippen molar-refractivity contribution in [3.8, 4) is 5.69 Å². The second-order valence-corrected chi connectivity index (χ2v) is 8.67. The van der Waals surface area contributed by atoms with Crippen molar-refractivity contribution >= 4 is 22.9 Å². The van der Waals surface area contributed by atoms with Crippen LogP contribution in [0.15, 0.2) is 59.5 Å². The Morgan fingerprint density at radius 1 is 1.00 bits per heavy atom. The van der Waals surface area contributed by atoms with Gasteiger partial charge in [-0.1, -0.05) is 24.3 Å². The molecule has 9 nitrogen and oxygen atoms in total. The number of para-hydroxylation sites is 1. The summed E-state index contributed by atoms with van der Waals surface area (Å²) in [5.41, 5.74) is 3.26. The van der Waals surface area contributed by atoms with Crippen molar-refractivity contribution in [2.75, 3.05) is 31.1 Å². The molecule has 0 N–H and O–H groups in total. The van der Waals surface area contributed by atoms with Crippen molar-refractivity contribution in [3.63, 3.8) is 0 Å². The highest BCUT2D eigenvalue weighted by Gasteiger charge is 2.23. The lowest BCUT2D eigenvalue weighted by Gasteiger charge is -2.35. The molecule has 1 aromatic carbocycles. The normalized spacial score (nSPS) is 14.0. The van der Waals surface area contributed by atoms with Crippen LogP contribution in [0.1, 0.15) is 24.7 Å². The fourth-order valence-corrected chi connectivity index (χ4v) is 4.63. The number of rotatable bonds is 6. The molecule has 1 fully saturated rings. The summed E-state index contributed by atoms with van der Waals surface area (Å²) >= 11 is 0. The molecule has 0 aliphatic carbocycles. The fraction of sp³-hybridized carbons (Fsp3) is 0.346. The highest BCUT2D eigenvalue weighted by atomic mass is 16.2. The zero-order valence-electron chi connectivity index (χ0n) is 20.1. The number of aryl methyl sites for hydroxylation is 3. The second-order valence-electron chi connectivity index (χ2n) is 8.67. The van der Waals surface area contributed by atoms with E-state index in [1.807, 2.05) is 67.3 Å². The first-order chi connectivity index (χ1) is 17.1. The van der Waals surface area contributed by atoms with Gasteiger partial charge in [0.1, 0.15) is 17.0 Å². The van der Waals surface area contributed by atoms with E-state index in [1.54, 1.807) is 15.4 Å². The molecule has 3 aromatic heterocycles. The van der Waals surface area contributed by atoms with Crippen molar-refractivity contribution < 1.29 is 4.79 Å². The third kappa shape index (κ3) is 4.41. The Hall–Kier alpha value is -4.01. The number of anilines is 1. The molecule has 4 heterocycles. The topological polar surface area (TPSA) is 89.2 Å². The molecule has 180 valence electrons. The number of amides is 1. The average Bonchev–Trinajstić information content (AvgIpc) is 3.24. The van der Waals surface area contributed by atoms with E-state index in [2.05, 4.69) is 15.0 Å². The van der Waals surface area contributed by atoms with Gasteiger partial charge in [0.25, 0.3) is 5.56 Å². The quantitative estimate of drug-likeness (QED) is 0.430. The minimum absolute atomic E-state index is 0.0479.